The van der Waals surface area contributed by atoms with Gasteiger partial charge in [-0.25, -0.2) is 13.4 Å². The summed E-state index contributed by atoms with van der Waals surface area (Å²) in [4.78, 5) is 3.08. The second kappa shape index (κ2) is 3.39. The lowest BCUT2D eigenvalue weighted by molar-refractivity contribution is -0.140. The Morgan fingerprint density at radius 3 is 2.29 bits per heavy atom. The van der Waals surface area contributed by atoms with Crippen LogP contribution in [-0.2, 0) is 15.2 Å². The summed E-state index contributed by atoms with van der Waals surface area (Å²) in [6.45, 7) is 0. The van der Waals surface area contributed by atoms with Gasteiger partial charge in [0.15, 0.2) is 5.03 Å². The van der Waals surface area contributed by atoms with Crippen LogP contribution < -0.4 is 0 Å². The third kappa shape index (κ3) is 2.36. The van der Waals surface area contributed by atoms with E-state index in [9.17, 15) is 21.6 Å². The Kier molecular flexibility index (Phi) is 2.73. The first kappa shape index (κ1) is 11.3. The number of halogens is 4. The summed E-state index contributed by atoms with van der Waals surface area (Å²) < 4.78 is 58.1. The highest BCUT2D eigenvalue weighted by atomic mass is 35.7. The molecule has 0 atom stereocenters. The third-order valence-corrected chi connectivity index (χ3v) is 2.53. The molecule has 3 nitrogen and oxygen atoms in total. The number of hydrogen-bond donors (Lipinski definition) is 0. The molecule has 1 aromatic rings. The van der Waals surface area contributed by atoms with Crippen molar-refractivity contribution in [1.29, 1.82) is 0 Å². The summed E-state index contributed by atoms with van der Waals surface area (Å²) in [5, 5.41) is -1.17. The molecule has 0 unspecified atom stereocenters. The van der Waals surface area contributed by atoms with Gasteiger partial charge in [0.1, 0.15) is 0 Å². The van der Waals surface area contributed by atoms with Crippen molar-refractivity contribution in [3.05, 3.63) is 23.9 Å². The molecule has 0 bridgehead atoms. The van der Waals surface area contributed by atoms with Gasteiger partial charge in [0.05, 0.1) is 5.56 Å². The van der Waals surface area contributed by atoms with Crippen LogP contribution in [-0.4, -0.2) is 13.4 Å². The lowest BCUT2D eigenvalue weighted by Crippen LogP contribution is -2.11. The molecule has 0 saturated carbocycles. The first-order valence-electron chi connectivity index (χ1n) is 3.20. The van der Waals surface area contributed by atoms with E-state index < -0.39 is 25.8 Å². The number of rotatable bonds is 1. The molecule has 0 aromatic carbocycles. The average Bonchev–Trinajstić information content (AvgIpc) is 2.01. The van der Waals surface area contributed by atoms with Gasteiger partial charge in [-0.1, -0.05) is 0 Å². The topological polar surface area (TPSA) is 47.0 Å². The van der Waals surface area contributed by atoms with Crippen molar-refractivity contribution in [2.45, 2.75) is 11.2 Å². The van der Waals surface area contributed by atoms with Crippen molar-refractivity contribution in [2.75, 3.05) is 0 Å². The highest BCUT2D eigenvalue weighted by Gasteiger charge is 2.37. The van der Waals surface area contributed by atoms with Gasteiger partial charge in [0, 0.05) is 16.9 Å². The van der Waals surface area contributed by atoms with Gasteiger partial charge >= 0.3 is 6.18 Å². The standard InChI is InChI=1S/C6H3ClF3NO2S/c7-14(12,13)5-4(6(8,9)10)2-1-3-11-5/h1-3H. The zero-order valence-corrected chi connectivity index (χ0v) is 7.99. The van der Waals surface area contributed by atoms with Crippen LogP contribution in [0.2, 0.25) is 0 Å². The zero-order valence-electron chi connectivity index (χ0n) is 6.42. The molecule has 1 aromatic heterocycles. The Bertz CT molecular complexity index is 443. The SMILES string of the molecule is O=S(=O)(Cl)c1ncccc1C(F)(F)F. The Labute approximate surface area is 81.9 Å². The van der Waals surface area contributed by atoms with E-state index >= 15 is 0 Å². The lowest BCUT2D eigenvalue weighted by Gasteiger charge is -2.08. The van der Waals surface area contributed by atoms with Crippen LogP contribution in [0.1, 0.15) is 5.56 Å². The summed E-state index contributed by atoms with van der Waals surface area (Å²) >= 11 is 0. The van der Waals surface area contributed by atoms with E-state index in [4.69, 9.17) is 10.7 Å². The van der Waals surface area contributed by atoms with Crippen molar-refractivity contribution in [1.82, 2.24) is 4.98 Å². The molecule has 0 radical (unpaired) electrons. The second-order valence-electron chi connectivity index (χ2n) is 2.29. The predicted molar refractivity (Wildman–Crippen MR) is 42.3 cm³/mol. The molecule has 0 aliphatic heterocycles. The van der Waals surface area contributed by atoms with Gasteiger partial charge in [-0.05, 0) is 12.1 Å². The molecular formula is C6H3ClF3NO2S. The first-order valence-corrected chi connectivity index (χ1v) is 5.51. The number of nitrogens with zero attached hydrogens (tertiary/aromatic N) is 1. The van der Waals surface area contributed by atoms with Crippen molar-refractivity contribution in [3.63, 3.8) is 0 Å². The maximum Gasteiger partial charge on any atom is 0.419 e. The largest absolute Gasteiger partial charge is 0.419 e. The van der Waals surface area contributed by atoms with Crippen LogP contribution in [0.4, 0.5) is 13.2 Å². The van der Waals surface area contributed by atoms with Gasteiger partial charge in [0.25, 0.3) is 9.05 Å². The zero-order chi connectivity index (χ0) is 11.0. The molecule has 0 spiro atoms. The van der Waals surface area contributed by atoms with Gasteiger partial charge in [-0.15, -0.1) is 0 Å². The smallest absolute Gasteiger partial charge is 0.243 e. The number of aromatic nitrogens is 1. The van der Waals surface area contributed by atoms with Crippen LogP contribution in [0.15, 0.2) is 23.4 Å². The normalized spacial score (nSPS) is 12.9. The molecule has 0 aliphatic carbocycles. The molecular weight excluding hydrogens is 243 g/mol. The molecule has 0 saturated heterocycles. The minimum absolute atomic E-state index is 0.599. The van der Waals surface area contributed by atoms with E-state index in [-0.39, 0.29) is 0 Å². The Balaban J connectivity index is 3.47. The van der Waals surface area contributed by atoms with Crippen molar-refractivity contribution in [3.8, 4) is 0 Å². The fraction of sp³-hybridized carbons (Fsp3) is 0.167. The van der Waals surface area contributed by atoms with Gasteiger partial charge in [-0.3, -0.25) is 0 Å². The van der Waals surface area contributed by atoms with Crippen LogP contribution in [0.3, 0.4) is 0 Å². The Morgan fingerprint density at radius 1 is 1.36 bits per heavy atom. The number of pyridine rings is 1. The van der Waals surface area contributed by atoms with Crippen molar-refractivity contribution < 1.29 is 21.6 Å². The molecule has 78 valence electrons. The van der Waals surface area contributed by atoms with E-state index in [1.807, 2.05) is 0 Å². The third-order valence-electron chi connectivity index (χ3n) is 1.31. The number of alkyl halides is 3. The average molecular weight is 246 g/mol. The Morgan fingerprint density at radius 2 is 1.93 bits per heavy atom. The highest BCUT2D eigenvalue weighted by molar-refractivity contribution is 8.13. The fourth-order valence-corrected chi connectivity index (χ4v) is 1.80. The van der Waals surface area contributed by atoms with E-state index in [2.05, 4.69) is 4.98 Å². The van der Waals surface area contributed by atoms with Gasteiger partial charge in [-0.2, -0.15) is 13.2 Å². The van der Waals surface area contributed by atoms with E-state index in [1.165, 1.54) is 0 Å². The minimum atomic E-state index is -4.79. The molecule has 0 N–H and O–H groups in total. The molecule has 0 amide bonds. The monoisotopic (exact) mass is 245 g/mol. The van der Waals surface area contributed by atoms with Crippen LogP contribution in [0.5, 0.6) is 0 Å². The summed E-state index contributed by atoms with van der Waals surface area (Å²) in [5.74, 6) is 0. The minimum Gasteiger partial charge on any atom is -0.243 e. The molecule has 0 fully saturated rings. The van der Waals surface area contributed by atoms with Crippen molar-refractivity contribution in [2.24, 2.45) is 0 Å². The Hall–Kier alpha value is -0.820. The summed E-state index contributed by atoms with van der Waals surface area (Å²) in [5.41, 5.74) is -1.37. The van der Waals surface area contributed by atoms with Crippen LogP contribution in [0, 0.1) is 0 Å². The fourth-order valence-electron chi connectivity index (χ4n) is 0.801. The first-order chi connectivity index (χ1) is 6.23. The van der Waals surface area contributed by atoms with E-state index in [1.54, 1.807) is 0 Å². The number of hydrogen-bond acceptors (Lipinski definition) is 3. The molecule has 14 heavy (non-hydrogen) atoms. The van der Waals surface area contributed by atoms with E-state index in [0.717, 1.165) is 12.3 Å². The molecule has 0 aliphatic rings. The molecule has 1 rings (SSSR count). The highest BCUT2D eigenvalue weighted by Crippen LogP contribution is 2.33. The lowest BCUT2D eigenvalue weighted by atomic mass is 10.3. The summed E-state index contributed by atoms with van der Waals surface area (Å²) in [6.07, 6.45) is -3.87. The van der Waals surface area contributed by atoms with E-state index in [0.29, 0.717) is 6.07 Å². The maximum atomic E-state index is 12.2. The van der Waals surface area contributed by atoms with Gasteiger partial charge in [0.2, 0.25) is 0 Å². The molecule has 8 heteroatoms. The van der Waals surface area contributed by atoms with Crippen LogP contribution in [0.25, 0.3) is 0 Å². The van der Waals surface area contributed by atoms with Crippen molar-refractivity contribution >= 4 is 19.7 Å². The summed E-state index contributed by atoms with van der Waals surface area (Å²) in [6, 6.07) is 1.58. The maximum absolute atomic E-state index is 12.2. The van der Waals surface area contributed by atoms with Crippen LogP contribution >= 0.6 is 10.7 Å². The second-order valence-corrected chi connectivity index (χ2v) is 4.77. The molecule has 1 heterocycles. The van der Waals surface area contributed by atoms with Gasteiger partial charge < -0.3 is 0 Å². The summed E-state index contributed by atoms with van der Waals surface area (Å²) in [7, 11) is 0.304. The predicted octanol–water partition coefficient (Wildman–Crippen LogP) is 2.03. The quantitative estimate of drug-likeness (QED) is 0.711.